The standard InChI is InChI=1S/C24H19ClN2O3/c1-15-5-4-6-17(13-15)21-20(22(28)16-8-10-18(25)11-9-16)23(29)24(30)27(21)14-19-7-2-3-12-26-19/h2-13,21,28H,14H2,1H3/b22-20-. The molecule has 1 aliphatic rings. The lowest BCUT2D eigenvalue weighted by Crippen LogP contribution is -2.29. The summed E-state index contributed by atoms with van der Waals surface area (Å²) in [5.41, 5.74) is 2.88. The highest BCUT2D eigenvalue weighted by molar-refractivity contribution is 6.46. The lowest BCUT2D eigenvalue weighted by atomic mass is 9.94. The van der Waals surface area contributed by atoms with Crippen molar-refractivity contribution in [3.8, 4) is 0 Å². The van der Waals surface area contributed by atoms with Gasteiger partial charge >= 0.3 is 0 Å². The van der Waals surface area contributed by atoms with Gasteiger partial charge in [-0.3, -0.25) is 14.6 Å². The molecule has 2 aromatic carbocycles. The predicted molar refractivity (Wildman–Crippen MR) is 115 cm³/mol. The molecule has 1 fully saturated rings. The summed E-state index contributed by atoms with van der Waals surface area (Å²) in [7, 11) is 0. The number of carbonyl (C=O) groups is 2. The summed E-state index contributed by atoms with van der Waals surface area (Å²) in [5, 5.41) is 11.5. The second-order valence-electron chi connectivity index (χ2n) is 7.17. The number of Topliss-reactive ketones (excluding diaryl/α,β-unsaturated/α-hetero) is 1. The normalized spacial score (nSPS) is 18.1. The monoisotopic (exact) mass is 418 g/mol. The quantitative estimate of drug-likeness (QED) is 0.380. The Morgan fingerprint density at radius 2 is 1.83 bits per heavy atom. The number of aryl methyl sites for hydroxylation is 1. The number of halogens is 1. The highest BCUT2D eigenvalue weighted by atomic mass is 35.5. The van der Waals surface area contributed by atoms with Crippen molar-refractivity contribution in [2.45, 2.75) is 19.5 Å². The fourth-order valence-electron chi connectivity index (χ4n) is 3.66. The molecule has 1 aliphatic heterocycles. The molecule has 1 atom stereocenters. The third-order valence-corrected chi connectivity index (χ3v) is 5.33. The van der Waals surface area contributed by atoms with Gasteiger partial charge in [0.2, 0.25) is 0 Å². The van der Waals surface area contributed by atoms with Gasteiger partial charge in [-0.2, -0.15) is 0 Å². The maximum atomic E-state index is 13.0. The second-order valence-corrected chi connectivity index (χ2v) is 7.61. The predicted octanol–water partition coefficient (Wildman–Crippen LogP) is 4.67. The Hall–Kier alpha value is -3.44. The van der Waals surface area contributed by atoms with E-state index in [1.165, 1.54) is 4.90 Å². The van der Waals surface area contributed by atoms with Crippen molar-refractivity contribution < 1.29 is 14.7 Å². The van der Waals surface area contributed by atoms with E-state index in [1.54, 1.807) is 42.6 Å². The molecule has 2 heterocycles. The van der Waals surface area contributed by atoms with Crippen molar-refractivity contribution in [3.05, 3.63) is 106 Å². The maximum absolute atomic E-state index is 13.0. The number of aliphatic hydroxyl groups excluding tert-OH is 1. The molecule has 0 aliphatic carbocycles. The van der Waals surface area contributed by atoms with Gasteiger partial charge in [-0.15, -0.1) is 0 Å². The van der Waals surface area contributed by atoms with Crippen molar-refractivity contribution in [1.29, 1.82) is 0 Å². The van der Waals surface area contributed by atoms with Crippen LogP contribution in [0.3, 0.4) is 0 Å². The summed E-state index contributed by atoms with van der Waals surface area (Å²) in [6.07, 6.45) is 1.64. The van der Waals surface area contributed by atoms with Crippen LogP contribution >= 0.6 is 11.6 Å². The van der Waals surface area contributed by atoms with Gasteiger partial charge in [-0.1, -0.05) is 47.5 Å². The number of aliphatic hydroxyl groups is 1. The zero-order chi connectivity index (χ0) is 21.3. The molecule has 0 spiro atoms. The first-order valence-corrected chi connectivity index (χ1v) is 9.84. The summed E-state index contributed by atoms with van der Waals surface area (Å²) in [5.74, 6) is -1.60. The molecule has 0 saturated carbocycles. The van der Waals surface area contributed by atoms with Crippen LogP contribution in [-0.2, 0) is 16.1 Å². The molecule has 6 heteroatoms. The number of hydrogen-bond acceptors (Lipinski definition) is 4. The number of ketones is 1. The van der Waals surface area contributed by atoms with Crippen LogP contribution in [0.1, 0.15) is 28.4 Å². The number of rotatable bonds is 4. The first-order chi connectivity index (χ1) is 14.5. The number of aromatic nitrogens is 1. The number of amides is 1. The van der Waals surface area contributed by atoms with Crippen molar-refractivity contribution in [3.63, 3.8) is 0 Å². The van der Waals surface area contributed by atoms with Crippen molar-refractivity contribution in [2.75, 3.05) is 0 Å². The van der Waals surface area contributed by atoms with E-state index >= 15 is 0 Å². The van der Waals surface area contributed by atoms with E-state index in [0.717, 1.165) is 11.1 Å². The van der Waals surface area contributed by atoms with Gasteiger partial charge in [0.05, 0.1) is 23.9 Å². The molecule has 0 bridgehead atoms. The van der Waals surface area contributed by atoms with Crippen molar-refractivity contribution in [2.24, 2.45) is 0 Å². The molecule has 5 nitrogen and oxygen atoms in total. The summed E-state index contributed by atoms with van der Waals surface area (Å²) in [4.78, 5) is 31.7. The summed E-state index contributed by atoms with van der Waals surface area (Å²) in [6.45, 7) is 2.09. The molecule has 150 valence electrons. The Bertz CT molecular complexity index is 1140. The van der Waals surface area contributed by atoms with Gasteiger partial charge in [0, 0.05) is 16.8 Å². The minimum atomic E-state index is -0.720. The first kappa shape index (κ1) is 19.9. The lowest BCUT2D eigenvalue weighted by molar-refractivity contribution is -0.140. The number of carbonyl (C=O) groups excluding carboxylic acids is 2. The molecular formula is C24H19ClN2O3. The van der Waals surface area contributed by atoms with E-state index in [2.05, 4.69) is 4.98 Å². The smallest absolute Gasteiger partial charge is 0.296 e. The van der Waals surface area contributed by atoms with Gasteiger partial charge in [0.1, 0.15) is 5.76 Å². The summed E-state index contributed by atoms with van der Waals surface area (Å²) < 4.78 is 0. The van der Waals surface area contributed by atoms with Gasteiger partial charge in [-0.05, 0) is 48.9 Å². The molecule has 1 aromatic heterocycles. The summed E-state index contributed by atoms with van der Waals surface area (Å²) >= 11 is 5.95. The topological polar surface area (TPSA) is 70.5 Å². The molecule has 1 N–H and O–H groups in total. The number of nitrogens with zero attached hydrogens (tertiary/aromatic N) is 2. The zero-order valence-corrected chi connectivity index (χ0v) is 17.0. The number of benzene rings is 2. The molecule has 30 heavy (non-hydrogen) atoms. The highest BCUT2D eigenvalue weighted by Crippen LogP contribution is 2.40. The van der Waals surface area contributed by atoms with Gasteiger partial charge in [-0.25, -0.2) is 0 Å². The van der Waals surface area contributed by atoms with Crippen molar-refractivity contribution >= 4 is 29.1 Å². The Balaban J connectivity index is 1.87. The molecule has 1 saturated heterocycles. The van der Waals surface area contributed by atoms with Crippen LogP contribution < -0.4 is 0 Å². The van der Waals surface area contributed by atoms with Crippen LogP contribution in [0.5, 0.6) is 0 Å². The average Bonchev–Trinajstić information content (AvgIpc) is 2.99. The molecule has 1 unspecified atom stereocenters. The fourth-order valence-corrected chi connectivity index (χ4v) is 3.79. The van der Waals surface area contributed by atoms with Crippen LogP contribution in [0.15, 0.2) is 78.5 Å². The number of hydrogen-bond donors (Lipinski definition) is 1. The van der Waals surface area contributed by atoms with Crippen LogP contribution in [-0.4, -0.2) is 26.7 Å². The fraction of sp³-hybridized carbons (Fsp3) is 0.125. The van der Waals surface area contributed by atoms with E-state index in [9.17, 15) is 14.7 Å². The lowest BCUT2D eigenvalue weighted by Gasteiger charge is -2.25. The third-order valence-electron chi connectivity index (χ3n) is 5.07. The third kappa shape index (κ3) is 3.72. The van der Waals surface area contributed by atoms with Crippen LogP contribution in [0.4, 0.5) is 0 Å². The minimum absolute atomic E-state index is 0.0591. The molecule has 0 radical (unpaired) electrons. The van der Waals surface area contributed by atoms with Crippen LogP contribution in [0.2, 0.25) is 5.02 Å². The van der Waals surface area contributed by atoms with E-state index in [-0.39, 0.29) is 17.9 Å². The van der Waals surface area contributed by atoms with Crippen molar-refractivity contribution in [1.82, 2.24) is 9.88 Å². The molecule has 3 aromatic rings. The van der Waals surface area contributed by atoms with E-state index in [1.807, 2.05) is 37.3 Å². The Labute approximate surface area is 179 Å². The van der Waals surface area contributed by atoms with Gasteiger partial charge < -0.3 is 10.0 Å². The number of pyridine rings is 1. The minimum Gasteiger partial charge on any atom is -0.507 e. The Morgan fingerprint density at radius 1 is 1.07 bits per heavy atom. The Morgan fingerprint density at radius 3 is 2.50 bits per heavy atom. The average molecular weight is 419 g/mol. The van der Waals surface area contributed by atoms with Crippen LogP contribution in [0.25, 0.3) is 5.76 Å². The highest BCUT2D eigenvalue weighted by Gasteiger charge is 2.46. The maximum Gasteiger partial charge on any atom is 0.296 e. The van der Waals surface area contributed by atoms with Crippen LogP contribution in [0, 0.1) is 6.92 Å². The molecule has 1 amide bonds. The summed E-state index contributed by atoms with van der Waals surface area (Å²) in [6, 6.07) is 18.8. The largest absolute Gasteiger partial charge is 0.507 e. The SMILES string of the molecule is Cc1cccc(C2/C(=C(/O)c3ccc(Cl)cc3)C(=O)C(=O)N2Cc2ccccn2)c1. The second kappa shape index (κ2) is 8.13. The van der Waals surface area contributed by atoms with E-state index in [0.29, 0.717) is 16.3 Å². The Kier molecular flexibility index (Phi) is 5.38. The first-order valence-electron chi connectivity index (χ1n) is 9.46. The number of likely N-dealkylation sites (tertiary alicyclic amines) is 1. The van der Waals surface area contributed by atoms with Gasteiger partial charge in [0.25, 0.3) is 11.7 Å². The van der Waals surface area contributed by atoms with E-state index in [4.69, 9.17) is 11.6 Å². The zero-order valence-electron chi connectivity index (χ0n) is 16.2. The van der Waals surface area contributed by atoms with E-state index < -0.39 is 17.7 Å². The molecular weight excluding hydrogens is 400 g/mol. The molecule has 4 rings (SSSR count). The van der Waals surface area contributed by atoms with Gasteiger partial charge in [0.15, 0.2) is 0 Å².